The lowest BCUT2D eigenvalue weighted by molar-refractivity contribution is 0.387. The molecule has 1 nitrogen and oxygen atoms in total. The zero-order valence-electron chi connectivity index (χ0n) is 10.6. The Bertz CT molecular complexity index is 364. The van der Waals surface area contributed by atoms with Crippen LogP contribution >= 0.6 is 0 Å². The van der Waals surface area contributed by atoms with E-state index in [1.54, 1.807) is 11.1 Å². The Morgan fingerprint density at radius 2 is 1.88 bits per heavy atom. The summed E-state index contributed by atoms with van der Waals surface area (Å²) in [4.78, 5) is 0. The van der Waals surface area contributed by atoms with Crippen molar-refractivity contribution >= 4 is 0 Å². The maximum absolute atomic E-state index is 3.79. The van der Waals surface area contributed by atoms with Gasteiger partial charge < -0.3 is 5.32 Å². The number of nitrogens with one attached hydrogen (secondary N) is 1. The normalized spacial score (nSPS) is 29.4. The summed E-state index contributed by atoms with van der Waals surface area (Å²) < 4.78 is 0. The van der Waals surface area contributed by atoms with Crippen LogP contribution < -0.4 is 5.32 Å². The number of hydrogen-bond acceptors (Lipinski definition) is 1. The van der Waals surface area contributed by atoms with Crippen molar-refractivity contribution in [2.45, 2.75) is 56.9 Å². The zero-order chi connectivity index (χ0) is 11.5. The molecule has 1 N–H and O–H groups in total. The Balaban J connectivity index is 1.83. The van der Waals surface area contributed by atoms with E-state index in [4.69, 9.17) is 0 Å². The third kappa shape index (κ3) is 2.40. The predicted molar refractivity (Wildman–Crippen MR) is 72.4 cm³/mol. The van der Waals surface area contributed by atoms with Crippen LogP contribution in [0.4, 0.5) is 0 Å². The van der Waals surface area contributed by atoms with Gasteiger partial charge in [0.2, 0.25) is 0 Å². The Morgan fingerprint density at radius 3 is 2.88 bits per heavy atom. The number of benzene rings is 1. The van der Waals surface area contributed by atoms with Gasteiger partial charge in [0.25, 0.3) is 0 Å². The van der Waals surface area contributed by atoms with Crippen LogP contribution in [0.2, 0.25) is 0 Å². The molecule has 2 unspecified atom stereocenters. The molecule has 1 heterocycles. The average molecular weight is 229 g/mol. The van der Waals surface area contributed by atoms with Gasteiger partial charge in [-0.15, -0.1) is 0 Å². The van der Waals surface area contributed by atoms with Crippen LogP contribution in [-0.2, 0) is 6.42 Å². The van der Waals surface area contributed by atoms with Gasteiger partial charge in [-0.2, -0.15) is 0 Å². The first-order valence-electron chi connectivity index (χ1n) is 7.26. The van der Waals surface area contributed by atoms with Crippen LogP contribution in [0, 0.1) is 0 Å². The van der Waals surface area contributed by atoms with Gasteiger partial charge in [0, 0.05) is 6.04 Å². The summed E-state index contributed by atoms with van der Waals surface area (Å²) in [5.74, 6) is 0.776. The number of aryl methyl sites for hydroxylation is 1. The SMILES string of the molecule is c1ccc2c(c1)CCCC2C1CCCCCN1. The van der Waals surface area contributed by atoms with Gasteiger partial charge >= 0.3 is 0 Å². The number of rotatable bonds is 1. The van der Waals surface area contributed by atoms with Crippen molar-refractivity contribution in [3.05, 3.63) is 35.4 Å². The molecule has 0 saturated carbocycles. The highest BCUT2D eigenvalue weighted by Gasteiger charge is 2.27. The molecule has 2 atom stereocenters. The standard InChI is InChI=1S/C16H23N/c1-2-11-16(17-12-5-1)15-10-6-8-13-7-3-4-9-14(13)15/h3-4,7,9,15-17H,1-2,5-6,8,10-12H2. The van der Waals surface area contributed by atoms with E-state index in [2.05, 4.69) is 29.6 Å². The van der Waals surface area contributed by atoms with Crippen LogP contribution in [0.25, 0.3) is 0 Å². The predicted octanol–water partition coefficient (Wildman–Crippen LogP) is 3.64. The first-order valence-corrected chi connectivity index (χ1v) is 7.26. The topological polar surface area (TPSA) is 12.0 Å². The average Bonchev–Trinajstić information content (AvgIpc) is 2.67. The molecule has 2 aliphatic rings. The van der Waals surface area contributed by atoms with Crippen LogP contribution in [0.5, 0.6) is 0 Å². The second-order valence-electron chi connectivity index (χ2n) is 5.61. The van der Waals surface area contributed by atoms with Crippen LogP contribution in [0.15, 0.2) is 24.3 Å². The van der Waals surface area contributed by atoms with E-state index >= 15 is 0 Å². The Morgan fingerprint density at radius 1 is 0.941 bits per heavy atom. The van der Waals surface area contributed by atoms with Gasteiger partial charge in [0.1, 0.15) is 0 Å². The molecule has 0 amide bonds. The van der Waals surface area contributed by atoms with Crippen LogP contribution in [0.1, 0.15) is 55.6 Å². The smallest absolute Gasteiger partial charge is 0.0136 e. The fourth-order valence-corrected chi connectivity index (χ4v) is 3.61. The van der Waals surface area contributed by atoms with Gasteiger partial charge in [0.05, 0.1) is 0 Å². The Hall–Kier alpha value is -0.820. The third-order valence-electron chi connectivity index (χ3n) is 4.50. The molecule has 1 heteroatoms. The monoisotopic (exact) mass is 229 g/mol. The van der Waals surface area contributed by atoms with Gasteiger partial charge in [-0.3, -0.25) is 0 Å². The van der Waals surface area contributed by atoms with E-state index < -0.39 is 0 Å². The van der Waals surface area contributed by atoms with Gasteiger partial charge in [-0.05, 0) is 55.7 Å². The van der Waals surface area contributed by atoms with Crippen molar-refractivity contribution in [3.8, 4) is 0 Å². The largest absolute Gasteiger partial charge is 0.313 e. The summed E-state index contributed by atoms with van der Waals surface area (Å²) in [6.07, 6.45) is 9.62. The molecule has 1 saturated heterocycles. The van der Waals surface area contributed by atoms with Gasteiger partial charge in [-0.1, -0.05) is 37.1 Å². The highest BCUT2D eigenvalue weighted by atomic mass is 14.9. The molecule has 1 aliphatic carbocycles. The van der Waals surface area contributed by atoms with Crippen molar-refractivity contribution in [2.75, 3.05) is 6.54 Å². The van der Waals surface area contributed by atoms with Crippen molar-refractivity contribution in [3.63, 3.8) is 0 Å². The maximum Gasteiger partial charge on any atom is 0.0136 e. The fraction of sp³-hybridized carbons (Fsp3) is 0.625. The minimum atomic E-state index is 0.735. The summed E-state index contributed by atoms with van der Waals surface area (Å²) in [7, 11) is 0. The number of hydrogen-bond donors (Lipinski definition) is 1. The molecule has 0 radical (unpaired) electrons. The minimum Gasteiger partial charge on any atom is -0.313 e. The van der Waals surface area contributed by atoms with E-state index in [1.165, 1.54) is 51.5 Å². The molecule has 92 valence electrons. The quantitative estimate of drug-likeness (QED) is 0.775. The van der Waals surface area contributed by atoms with Crippen LogP contribution in [-0.4, -0.2) is 12.6 Å². The van der Waals surface area contributed by atoms with E-state index in [0.29, 0.717) is 0 Å². The maximum atomic E-state index is 3.79. The van der Waals surface area contributed by atoms with Crippen molar-refractivity contribution in [2.24, 2.45) is 0 Å². The molecule has 0 bridgehead atoms. The summed E-state index contributed by atoms with van der Waals surface area (Å²) >= 11 is 0. The summed E-state index contributed by atoms with van der Waals surface area (Å²) in [6.45, 7) is 1.23. The zero-order valence-corrected chi connectivity index (χ0v) is 10.6. The molecular weight excluding hydrogens is 206 g/mol. The van der Waals surface area contributed by atoms with E-state index in [9.17, 15) is 0 Å². The summed E-state index contributed by atoms with van der Waals surface area (Å²) in [6, 6.07) is 9.85. The second-order valence-corrected chi connectivity index (χ2v) is 5.61. The van der Waals surface area contributed by atoms with E-state index in [1.807, 2.05) is 0 Å². The molecule has 1 aromatic rings. The van der Waals surface area contributed by atoms with E-state index in [-0.39, 0.29) is 0 Å². The third-order valence-corrected chi connectivity index (χ3v) is 4.50. The molecule has 1 aliphatic heterocycles. The lowest BCUT2D eigenvalue weighted by atomic mass is 9.77. The lowest BCUT2D eigenvalue weighted by Gasteiger charge is -2.32. The highest BCUT2D eigenvalue weighted by molar-refractivity contribution is 5.33. The fourth-order valence-electron chi connectivity index (χ4n) is 3.61. The number of fused-ring (bicyclic) bond motifs is 1. The van der Waals surface area contributed by atoms with Crippen molar-refractivity contribution in [1.82, 2.24) is 5.32 Å². The van der Waals surface area contributed by atoms with Gasteiger partial charge in [-0.25, -0.2) is 0 Å². The van der Waals surface area contributed by atoms with Crippen molar-refractivity contribution in [1.29, 1.82) is 0 Å². The molecule has 1 fully saturated rings. The Kier molecular flexibility index (Phi) is 3.46. The molecular formula is C16H23N. The van der Waals surface area contributed by atoms with Crippen LogP contribution in [0.3, 0.4) is 0 Å². The molecule has 3 rings (SSSR count). The van der Waals surface area contributed by atoms with Crippen molar-refractivity contribution < 1.29 is 0 Å². The lowest BCUT2D eigenvalue weighted by Crippen LogP contribution is -2.35. The first kappa shape index (κ1) is 11.3. The van der Waals surface area contributed by atoms with E-state index in [0.717, 1.165) is 12.0 Å². The molecule has 1 aromatic carbocycles. The highest BCUT2D eigenvalue weighted by Crippen LogP contribution is 2.35. The minimum absolute atomic E-state index is 0.735. The molecule has 0 spiro atoms. The Labute approximate surface area is 105 Å². The second kappa shape index (κ2) is 5.22. The first-order chi connectivity index (χ1) is 8.45. The van der Waals surface area contributed by atoms with Gasteiger partial charge in [0.15, 0.2) is 0 Å². The summed E-state index contributed by atoms with van der Waals surface area (Å²) in [5.41, 5.74) is 3.24. The molecule has 17 heavy (non-hydrogen) atoms. The molecule has 0 aromatic heterocycles. The summed E-state index contributed by atoms with van der Waals surface area (Å²) in [5, 5.41) is 3.79.